The van der Waals surface area contributed by atoms with E-state index >= 15 is 0 Å². The van der Waals surface area contributed by atoms with Gasteiger partial charge in [0.1, 0.15) is 5.60 Å². The summed E-state index contributed by atoms with van der Waals surface area (Å²) in [6, 6.07) is 13.3. The molecule has 0 bridgehead atoms. The van der Waals surface area contributed by atoms with E-state index in [0.29, 0.717) is 6.54 Å². The number of hydrogen-bond donors (Lipinski definition) is 1. The molecule has 0 aliphatic carbocycles. The molecule has 2 aromatic heterocycles. The van der Waals surface area contributed by atoms with E-state index in [0.717, 1.165) is 11.1 Å². The van der Waals surface area contributed by atoms with Crippen molar-refractivity contribution in [3.05, 3.63) is 84.7 Å². The first-order chi connectivity index (χ1) is 9.79. The topological polar surface area (TPSA) is 50.9 Å². The fourth-order valence-electron chi connectivity index (χ4n) is 2.32. The van der Waals surface area contributed by atoms with Gasteiger partial charge in [0.05, 0.1) is 12.9 Å². The standard InChI is InChI=1S/C16H15N3O/c20-16(12-19-10-9-18-13-19,14-5-2-1-3-6-14)15-7-4-8-17-11-15/h1-11,13,20H,12H2/t16-/m1/s1. The predicted octanol–water partition coefficient (Wildman–Crippen LogP) is 2.21. The minimum absolute atomic E-state index is 0.392. The quantitative estimate of drug-likeness (QED) is 0.787. The SMILES string of the molecule is O[C@](Cn1ccnc1)(c1ccccc1)c1cccnc1. The molecule has 2 heterocycles. The average Bonchev–Trinajstić information content (AvgIpc) is 3.02. The molecule has 20 heavy (non-hydrogen) atoms. The van der Waals surface area contributed by atoms with Gasteiger partial charge in [-0.2, -0.15) is 0 Å². The summed E-state index contributed by atoms with van der Waals surface area (Å²) in [6.45, 7) is 0.392. The molecule has 0 aliphatic heterocycles. The van der Waals surface area contributed by atoms with Gasteiger partial charge in [-0.15, -0.1) is 0 Å². The highest BCUT2D eigenvalue weighted by Crippen LogP contribution is 2.30. The smallest absolute Gasteiger partial charge is 0.134 e. The van der Waals surface area contributed by atoms with E-state index in [1.807, 2.05) is 53.2 Å². The zero-order valence-electron chi connectivity index (χ0n) is 10.9. The summed E-state index contributed by atoms with van der Waals surface area (Å²) < 4.78 is 1.86. The number of hydrogen-bond acceptors (Lipinski definition) is 3. The molecule has 0 unspecified atom stereocenters. The van der Waals surface area contributed by atoms with Crippen molar-refractivity contribution in [3.8, 4) is 0 Å². The Hall–Kier alpha value is -2.46. The fraction of sp³-hybridized carbons (Fsp3) is 0.125. The highest BCUT2D eigenvalue weighted by atomic mass is 16.3. The van der Waals surface area contributed by atoms with Gasteiger partial charge >= 0.3 is 0 Å². The maximum atomic E-state index is 11.2. The van der Waals surface area contributed by atoms with Crippen LogP contribution in [0.15, 0.2) is 73.6 Å². The predicted molar refractivity (Wildman–Crippen MR) is 75.9 cm³/mol. The lowest BCUT2D eigenvalue weighted by atomic mass is 9.87. The van der Waals surface area contributed by atoms with Gasteiger partial charge in [0, 0.05) is 30.4 Å². The lowest BCUT2D eigenvalue weighted by Gasteiger charge is -2.29. The number of aromatic nitrogens is 3. The molecule has 1 N–H and O–H groups in total. The summed E-state index contributed by atoms with van der Waals surface area (Å²) in [5.41, 5.74) is 0.470. The third-order valence-electron chi connectivity index (χ3n) is 3.36. The Balaban J connectivity index is 2.08. The second kappa shape index (κ2) is 5.27. The number of nitrogens with zero attached hydrogens (tertiary/aromatic N) is 3. The maximum absolute atomic E-state index is 11.2. The van der Waals surface area contributed by atoms with Crippen LogP contribution in [0, 0.1) is 0 Å². The Morgan fingerprint density at radius 2 is 1.75 bits per heavy atom. The van der Waals surface area contributed by atoms with Crippen LogP contribution in [0.3, 0.4) is 0 Å². The highest BCUT2D eigenvalue weighted by molar-refractivity contribution is 5.34. The molecular weight excluding hydrogens is 250 g/mol. The lowest BCUT2D eigenvalue weighted by Crippen LogP contribution is -2.32. The van der Waals surface area contributed by atoms with Gasteiger partial charge in [0.2, 0.25) is 0 Å². The van der Waals surface area contributed by atoms with E-state index in [-0.39, 0.29) is 0 Å². The molecule has 1 atom stereocenters. The van der Waals surface area contributed by atoms with Crippen molar-refractivity contribution in [1.82, 2.24) is 14.5 Å². The molecule has 0 saturated heterocycles. The number of rotatable bonds is 4. The summed E-state index contributed by atoms with van der Waals surface area (Å²) >= 11 is 0. The van der Waals surface area contributed by atoms with E-state index in [4.69, 9.17) is 0 Å². The van der Waals surface area contributed by atoms with Gasteiger partial charge in [-0.05, 0) is 11.6 Å². The van der Waals surface area contributed by atoms with Crippen LogP contribution in [0.5, 0.6) is 0 Å². The van der Waals surface area contributed by atoms with Crippen molar-refractivity contribution in [2.24, 2.45) is 0 Å². The molecule has 3 rings (SSSR count). The van der Waals surface area contributed by atoms with Crippen molar-refractivity contribution in [1.29, 1.82) is 0 Å². The monoisotopic (exact) mass is 265 g/mol. The van der Waals surface area contributed by atoms with E-state index in [9.17, 15) is 5.11 Å². The number of pyridine rings is 1. The number of benzene rings is 1. The van der Waals surface area contributed by atoms with E-state index < -0.39 is 5.60 Å². The normalized spacial score (nSPS) is 13.8. The largest absolute Gasteiger partial charge is 0.378 e. The van der Waals surface area contributed by atoms with Gasteiger partial charge < -0.3 is 9.67 Å². The Kier molecular flexibility index (Phi) is 3.31. The molecule has 100 valence electrons. The summed E-state index contributed by atoms with van der Waals surface area (Å²) in [4.78, 5) is 8.15. The van der Waals surface area contributed by atoms with E-state index in [1.54, 1.807) is 24.9 Å². The minimum atomic E-state index is -1.13. The van der Waals surface area contributed by atoms with Gasteiger partial charge in [0.25, 0.3) is 0 Å². The maximum Gasteiger partial charge on any atom is 0.134 e. The summed E-state index contributed by atoms with van der Waals surface area (Å²) in [7, 11) is 0. The van der Waals surface area contributed by atoms with Crippen LogP contribution >= 0.6 is 0 Å². The summed E-state index contributed by atoms with van der Waals surface area (Å²) in [6.07, 6.45) is 8.64. The van der Waals surface area contributed by atoms with Crippen LogP contribution in [-0.2, 0) is 12.1 Å². The fourth-order valence-corrected chi connectivity index (χ4v) is 2.32. The van der Waals surface area contributed by atoms with E-state index in [2.05, 4.69) is 9.97 Å². The zero-order valence-corrected chi connectivity index (χ0v) is 10.9. The molecule has 0 aliphatic rings. The van der Waals surface area contributed by atoms with Crippen LogP contribution in [0.25, 0.3) is 0 Å². The Labute approximate surface area is 117 Å². The summed E-state index contributed by atoms with van der Waals surface area (Å²) in [5.74, 6) is 0. The average molecular weight is 265 g/mol. The third kappa shape index (κ3) is 2.33. The molecule has 4 heteroatoms. The lowest BCUT2D eigenvalue weighted by molar-refractivity contribution is 0.0608. The molecule has 0 amide bonds. The molecular formula is C16H15N3O. The van der Waals surface area contributed by atoms with Gasteiger partial charge in [-0.25, -0.2) is 4.98 Å². The molecule has 0 fully saturated rings. The van der Waals surface area contributed by atoms with Crippen LogP contribution in [-0.4, -0.2) is 19.6 Å². The van der Waals surface area contributed by atoms with Gasteiger partial charge in [-0.3, -0.25) is 4.98 Å². The molecule has 0 saturated carbocycles. The van der Waals surface area contributed by atoms with E-state index in [1.165, 1.54) is 0 Å². The van der Waals surface area contributed by atoms with Crippen LogP contribution in [0.4, 0.5) is 0 Å². The summed E-state index contributed by atoms with van der Waals surface area (Å²) in [5, 5.41) is 11.2. The molecule has 0 spiro atoms. The van der Waals surface area contributed by atoms with Crippen molar-refractivity contribution < 1.29 is 5.11 Å². The Morgan fingerprint density at radius 3 is 2.40 bits per heavy atom. The third-order valence-corrected chi connectivity index (χ3v) is 3.36. The van der Waals surface area contributed by atoms with Gasteiger partial charge in [0.15, 0.2) is 0 Å². The van der Waals surface area contributed by atoms with Crippen molar-refractivity contribution in [2.75, 3.05) is 0 Å². The Morgan fingerprint density at radius 1 is 0.950 bits per heavy atom. The number of aliphatic hydroxyl groups is 1. The first-order valence-electron chi connectivity index (χ1n) is 6.43. The van der Waals surface area contributed by atoms with Crippen molar-refractivity contribution >= 4 is 0 Å². The Bertz CT molecular complexity index is 611. The van der Waals surface area contributed by atoms with Gasteiger partial charge in [-0.1, -0.05) is 36.4 Å². The van der Waals surface area contributed by atoms with Crippen LogP contribution in [0.2, 0.25) is 0 Å². The van der Waals surface area contributed by atoms with Crippen LogP contribution < -0.4 is 0 Å². The molecule has 1 aromatic carbocycles. The molecule has 4 nitrogen and oxygen atoms in total. The molecule has 0 radical (unpaired) electrons. The highest BCUT2D eigenvalue weighted by Gasteiger charge is 2.32. The van der Waals surface area contributed by atoms with Crippen molar-refractivity contribution in [2.45, 2.75) is 12.1 Å². The second-order valence-corrected chi connectivity index (χ2v) is 4.70. The zero-order chi connectivity index (χ0) is 13.8. The van der Waals surface area contributed by atoms with Crippen LogP contribution in [0.1, 0.15) is 11.1 Å². The minimum Gasteiger partial charge on any atom is -0.378 e. The first-order valence-corrected chi connectivity index (χ1v) is 6.43. The van der Waals surface area contributed by atoms with Crippen molar-refractivity contribution in [3.63, 3.8) is 0 Å². The second-order valence-electron chi connectivity index (χ2n) is 4.70. The number of imidazole rings is 1. The molecule has 3 aromatic rings. The first kappa shape index (κ1) is 12.6.